The summed E-state index contributed by atoms with van der Waals surface area (Å²) >= 11 is 0. The number of hydrogen-bond donors (Lipinski definition) is 4. The highest BCUT2D eigenvalue weighted by Gasteiger charge is 2.58. The SMILES string of the molecule is COc1cc2c(cc1OCCCCCOc1cc3c(cc1OC)C(=O)N1CC4(CC4)C[C@H]1C(O)N3C(=O)OCc1ccc(NC(=O)[C@H](C)NC(=O)[C@@H](NC(=O)CCCCC(=O)N3Cc4ccccc4C#Cc4ccccc43)C(C)C)cc1)N=C[C@@H]1CC3(CC3)CN1C2=O. The number of carbonyl (C=O) groups is 7. The zero-order chi connectivity index (χ0) is 65.1. The van der Waals surface area contributed by atoms with Crippen molar-refractivity contribution in [1.82, 2.24) is 20.4 Å². The van der Waals surface area contributed by atoms with Gasteiger partial charge < -0.3 is 59.4 Å². The van der Waals surface area contributed by atoms with Gasteiger partial charge in [0.05, 0.1) is 74.3 Å². The van der Waals surface area contributed by atoms with E-state index in [1.807, 2.05) is 59.6 Å². The van der Waals surface area contributed by atoms with Crippen molar-refractivity contribution in [2.45, 2.75) is 148 Å². The number of methoxy groups -OCH3 is 2. The van der Waals surface area contributed by atoms with Crippen LogP contribution in [0.4, 0.5) is 27.5 Å². The van der Waals surface area contributed by atoms with E-state index < -0.39 is 42.3 Å². The van der Waals surface area contributed by atoms with E-state index in [0.717, 1.165) is 72.3 Å². The Balaban J connectivity index is 0.614. The van der Waals surface area contributed by atoms with Crippen LogP contribution in [0.15, 0.2) is 102 Å². The Labute approximate surface area is 541 Å². The molecule has 486 valence electrons. The van der Waals surface area contributed by atoms with Crippen LogP contribution in [-0.2, 0) is 37.1 Å². The average molecular weight is 1270 g/mol. The number of carbonyl (C=O) groups excluding carboxylic acids is 7. The number of fused-ring (bicyclic) bond motifs is 6. The predicted molar refractivity (Wildman–Crippen MR) is 348 cm³/mol. The number of unbranched alkanes of at least 4 members (excludes halogenated alkanes) is 3. The van der Waals surface area contributed by atoms with E-state index >= 15 is 0 Å². The molecule has 0 radical (unpaired) electrons. The van der Waals surface area contributed by atoms with Crippen molar-refractivity contribution in [2.75, 3.05) is 55.6 Å². The molecule has 4 N–H and O–H groups in total. The second kappa shape index (κ2) is 27.0. The number of para-hydroxylation sites is 1. The first-order valence-corrected chi connectivity index (χ1v) is 32.4. The molecule has 2 spiro atoms. The molecule has 2 saturated heterocycles. The molecule has 0 aromatic heterocycles. The first-order chi connectivity index (χ1) is 44.9. The number of nitrogens with one attached hydrogen (secondary N) is 3. The van der Waals surface area contributed by atoms with E-state index in [-0.39, 0.29) is 95.2 Å². The Bertz CT molecular complexity index is 3830. The highest BCUT2D eigenvalue weighted by molar-refractivity contribution is 6.07. The molecular weight excluding hydrogens is 1180 g/mol. The van der Waals surface area contributed by atoms with E-state index in [4.69, 9.17) is 28.7 Å². The number of benzene rings is 5. The largest absolute Gasteiger partial charge is 0.493 e. The Hall–Kier alpha value is -9.42. The van der Waals surface area contributed by atoms with Crippen molar-refractivity contribution in [3.8, 4) is 34.8 Å². The number of aliphatic hydroxyl groups excluding tert-OH is 1. The quantitative estimate of drug-likeness (QED) is 0.0352. The van der Waals surface area contributed by atoms with Crippen molar-refractivity contribution in [3.63, 3.8) is 0 Å². The Morgan fingerprint density at radius 2 is 1.31 bits per heavy atom. The lowest BCUT2D eigenvalue weighted by molar-refractivity contribution is -0.131. The molecule has 2 saturated carbocycles. The lowest BCUT2D eigenvalue weighted by Crippen LogP contribution is -2.53. The second-order valence-corrected chi connectivity index (χ2v) is 26.1. The van der Waals surface area contributed by atoms with Crippen LogP contribution in [0.1, 0.15) is 147 Å². The fourth-order valence-corrected chi connectivity index (χ4v) is 13.4. The molecule has 21 heteroatoms. The zero-order valence-electron chi connectivity index (χ0n) is 53.3. The molecule has 5 aliphatic heterocycles. The van der Waals surface area contributed by atoms with Crippen LogP contribution in [0.3, 0.4) is 0 Å². The van der Waals surface area contributed by atoms with Crippen molar-refractivity contribution in [3.05, 3.63) is 130 Å². The third kappa shape index (κ3) is 13.9. The number of aliphatic hydroxyl groups is 1. The summed E-state index contributed by atoms with van der Waals surface area (Å²) < 4.78 is 29.8. The molecule has 5 atom stereocenters. The maximum absolute atomic E-state index is 14.4. The Kier molecular flexibility index (Phi) is 18.5. The van der Waals surface area contributed by atoms with Gasteiger partial charge in [0.2, 0.25) is 23.6 Å². The molecule has 5 aromatic carbocycles. The summed E-state index contributed by atoms with van der Waals surface area (Å²) in [5, 5.41) is 20.5. The maximum Gasteiger partial charge on any atom is 0.416 e. The van der Waals surface area contributed by atoms with Gasteiger partial charge in [-0.1, -0.05) is 68.2 Å². The minimum Gasteiger partial charge on any atom is -0.493 e. The van der Waals surface area contributed by atoms with Crippen LogP contribution in [-0.4, -0.2) is 134 Å². The molecule has 1 unspecified atom stereocenters. The van der Waals surface area contributed by atoms with Gasteiger partial charge in [0, 0.05) is 61.1 Å². The number of aliphatic imine (C=N–C) groups is 1. The molecule has 21 nitrogen and oxygen atoms in total. The first kappa shape index (κ1) is 63.7. The standard InChI is InChI=1S/C72H80N8O13/c1-44(2)64(76-62(81)19-11-12-20-63(82)77-40-49-17-8-7-15-47(49)23-24-48-16-9-10-18-55(48)77)66(84)74-45(3)65(83)75-50-25-21-46(22-26-50)41-93-70(88)80-56-36-61(59(90-5)34-53(56)68(86)79-43-72(29-30-72)38-57(79)69(80)87)92-32-14-6-13-31-91-60-35-54-52(33-58(60)89-4)67(85)78-42-71(27-28-71)37-51(78)39-73-54/h7-10,15-18,21-22,25-26,33-36,39,44-45,51,57,64,69,87H,6,11-14,19-20,27-32,37-38,40-43H2,1-5H3,(H,74,84)(H,75,83)(H,76,81)/t45-,51-,57-,64-,69?/m0/s1. The fourth-order valence-electron chi connectivity index (χ4n) is 13.4. The molecule has 0 bridgehead atoms. The van der Waals surface area contributed by atoms with E-state index in [1.165, 1.54) is 14.0 Å². The number of rotatable bonds is 23. The number of anilines is 3. The van der Waals surface area contributed by atoms with E-state index in [9.17, 15) is 38.7 Å². The van der Waals surface area contributed by atoms with Gasteiger partial charge >= 0.3 is 6.09 Å². The molecule has 4 fully saturated rings. The number of amides is 7. The molecule has 7 aliphatic rings. The summed E-state index contributed by atoms with van der Waals surface area (Å²) in [5.41, 5.74) is 5.77. The summed E-state index contributed by atoms with van der Waals surface area (Å²) in [6.07, 6.45) is 8.35. The Morgan fingerprint density at radius 3 is 2.02 bits per heavy atom. The van der Waals surface area contributed by atoms with Gasteiger partial charge in [-0.15, -0.1) is 0 Å². The zero-order valence-corrected chi connectivity index (χ0v) is 53.3. The smallest absolute Gasteiger partial charge is 0.416 e. The van der Waals surface area contributed by atoms with Gasteiger partial charge in [-0.05, 0) is 148 Å². The van der Waals surface area contributed by atoms with Gasteiger partial charge in [-0.3, -0.25) is 33.8 Å². The highest BCUT2D eigenvalue weighted by atomic mass is 16.6. The summed E-state index contributed by atoms with van der Waals surface area (Å²) in [4.78, 5) is 108. The van der Waals surface area contributed by atoms with Crippen molar-refractivity contribution in [1.29, 1.82) is 0 Å². The molecule has 93 heavy (non-hydrogen) atoms. The summed E-state index contributed by atoms with van der Waals surface area (Å²) in [5.74, 6) is 5.82. The molecule has 7 amide bonds. The second-order valence-electron chi connectivity index (χ2n) is 26.1. The maximum atomic E-state index is 14.4. The summed E-state index contributed by atoms with van der Waals surface area (Å²) in [6, 6.07) is 25.9. The average Bonchev–Trinajstić information content (AvgIpc) is 1.58. The highest BCUT2D eigenvalue weighted by Crippen LogP contribution is 2.58. The van der Waals surface area contributed by atoms with Gasteiger partial charge in [0.15, 0.2) is 29.2 Å². The van der Waals surface area contributed by atoms with Crippen LogP contribution in [0.25, 0.3) is 0 Å². The van der Waals surface area contributed by atoms with Crippen molar-refractivity contribution < 1.29 is 62.4 Å². The van der Waals surface area contributed by atoms with E-state index in [1.54, 1.807) is 79.3 Å². The normalized spacial score (nSPS) is 19.5. The van der Waals surface area contributed by atoms with Gasteiger partial charge in [0.1, 0.15) is 18.7 Å². The van der Waals surface area contributed by atoms with Crippen LogP contribution in [0.5, 0.6) is 23.0 Å². The van der Waals surface area contributed by atoms with Gasteiger partial charge in [-0.25, -0.2) is 9.69 Å². The Morgan fingerprint density at radius 1 is 0.677 bits per heavy atom. The van der Waals surface area contributed by atoms with E-state index in [0.29, 0.717) is 85.8 Å². The summed E-state index contributed by atoms with van der Waals surface area (Å²) in [7, 11) is 3.03. The third-order valence-electron chi connectivity index (χ3n) is 19.1. The van der Waals surface area contributed by atoms with Crippen molar-refractivity contribution in [2.24, 2.45) is 21.7 Å². The number of hydrogen-bond acceptors (Lipinski definition) is 14. The van der Waals surface area contributed by atoms with Crippen LogP contribution < -0.4 is 44.7 Å². The monoisotopic (exact) mass is 1260 g/mol. The van der Waals surface area contributed by atoms with Gasteiger partial charge in [-0.2, -0.15) is 0 Å². The minimum atomic E-state index is -1.45. The first-order valence-electron chi connectivity index (χ1n) is 32.4. The van der Waals surface area contributed by atoms with Gasteiger partial charge in [0.25, 0.3) is 11.8 Å². The van der Waals surface area contributed by atoms with Crippen molar-refractivity contribution >= 4 is 70.5 Å². The molecule has 2 aliphatic carbocycles. The third-order valence-corrected chi connectivity index (χ3v) is 19.1. The van der Waals surface area contributed by atoms with E-state index in [2.05, 4.69) is 27.8 Å². The molecule has 12 rings (SSSR count). The molecular formula is C72H80N8O13. The topological polar surface area (TPSA) is 247 Å². The molecule has 5 heterocycles. The summed E-state index contributed by atoms with van der Waals surface area (Å²) in [6.45, 7) is 7.12. The van der Waals surface area contributed by atoms with Crippen LogP contribution in [0, 0.1) is 28.6 Å². The number of ether oxygens (including phenoxy) is 5. The molecule has 5 aromatic rings. The minimum absolute atomic E-state index is 0.00687. The fraction of sp³-hybridized carbons (Fsp3) is 0.444. The van der Waals surface area contributed by atoms with Crippen LogP contribution >= 0.6 is 0 Å². The lowest BCUT2D eigenvalue weighted by atomic mass is 10.0. The van der Waals surface area contributed by atoms with Crippen LogP contribution in [0.2, 0.25) is 0 Å². The predicted octanol–water partition coefficient (Wildman–Crippen LogP) is 9.60. The lowest BCUT2D eigenvalue weighted by Gasteiger charge is -2.31. The number of nitrogens with zero attached hydrogens (tertiary/aromatic N) is 5.